The Morgan fingerprint density at radius 3 is 3.00 bits per heavy atom. The van der Waals surface area contributed by atoms with Gasteiger partial charge in [-0.2, -0.15) is 0 Å². The molecule has 0 atom stereocenters. The van der Waals surface area contributed by atoms with Gasteiger partial charge in [-0.3, -0.25) is 9.78 Å². The molecular formula is C10H6NO. The summed E-state index contributed by atoms with van der Waals surface area (Å²) in [6.07, 6.45) is 5.29. The molecule has 1 heterocycles. The van der Waals surface area contributed by atoms with Gasteiger partial charge < -0.3 is 0 Å². The van der Waals surface area contributed by atoms with Crippen molar-refractivity contribution in [1.29, 1.82) is 0 Å². The molecule has 0 aliphatic heterocycles. The molecule has 0 N–H and O–H groups in total. The van der Waals surface area contributed by atoms with Gasteiger partial charge in [-0.15, -0.1) is 0 Å². The molecule has 57 valence electrons. The molecule has 0 unspecified atom stereocenters. The Hall–Kier alpha value is -1.70. The van der Waals surface area contributed by atoms with Crippen molar-refractivity contribution in [2.24, 2.45) is 0 Å². The molecular weight excluding hydrogens is 150 g/mol. The number of fused-ring (bicyclic) bond motifs is 1. The molecule has 0 fully saturated rings. The lowest BCUT2D eigenvalue weighted by molar-refractivity contribution is 0.563. The molecule has 0 aliphatic rings. The molecule has 2 nitrogen and oxygen atoms in total. The minimum atomic E-state index is 0.593. The first-order valence-electron chi connectivity index (χ1n) is 3.63. The molecule has 0 aliphatic carbocycles. The fourth-order valence-corrected chi connectivity index (χ4v) is 1.21. The van der Waals surface area contributed by atoms with Crippen molar-refractivity contribution < 1.29 is 4.79 Å². The lowest BCUT2D eigenvalue weighted by Crippen LogP contribution is -1.83. The van der Waals surface area contributed by atoms with Crippen LogP contribution in [0.2, 0.25) is 0 Å². The van der Waals surface area contributed by atoms with E-state index in [-0.39, 0.29) is 0 Å². The normalized spacial score (nSPS) is 10.0. The van der Waals surface area contributed by atoms with E-state index in [1.54, 1.807) is 18.5 Å². The third-order valence-electron chi connectivity index (χ3n) is 1.79. The van der Waals surface area contributed by atoms with Crippen molar-refractivity contribution in [3.05, 3.63) is 42.2 Å². The Kier molecular flexibility index (Phi) is 1.59. The molecule has 0 spiro atoms. The SMILES string of the molecule is O=[C]c1cccc2cnccc12. The second kappa shape index (κ2) is 2.74. The van der Waals surface area contributed by atoms with E-state index in [1.807, 2.05) is 24.5 Å². The molecule has 2 rings (SSSR count). The summed E-state index contributed by atoms with van der Waals surface area (Å²) in [5.74, 6) is 0. The monoisotopic (exact) mass is 156 g/mol. The van der Waals surface area contributed by atoms with Crippen molar-refractivity contribution in [3.8, 4) is 0 Å². The third-order valence-corrected chi connectivity index (χ3v) is 1.79. The van der Waals surface area contributed by atoms with E-state index in [1.165, 1.54) is 0 Å². The van der Waals surface area contributed by atoms with Gasteiger partial charge >= 0.3 is 0 Å². The first-order valence-corrected chi connectivity index (χ1v) is 3.63. The minimum Gasteiger partial charge on any atom is -0.285 e. The number of benzene rings is 1. The second-order valence-corrected chi connectivity index (χ2v) is 2.50. The highest BCUT2D eigenvalue weighted by molar-refractivity contribution is 5.97. The molecule has 1 radical (unpaired) electrons. The summed E-state index contributed by atoms with van der Waals surface area (Å²) in [5, 5.41) is 1.88. The summed E-state index contributed by atoms with van der Waals surface area (Å²) >= 11 is 0. The van der Waals surface area contributed by atoms with Gasteiger partial charge in [-0.1, -0.05) is 18.2 Å². The Morgan fingerprint density at radius 1 is 1.25 bits per heavy atom. The molecule has 2 heteroatoms. The Labute approximate surface area is 69.9 Å². The highest BCUT2D eigenvalue weighted by atomic mass is 16.1. The summed E-state index contributed by atoms with van der Waals surface area (Å²) in [6.45, 7) is 0. The number of aromatic nitrogens is 1. The second-order valence-electron chi connectivity index (χ2n) is 2.50. The van der Waals surface area contributed by atoms with Crippen LogP contribution in [-0.2, 0) is 4.79 Å². The Bertz CT molecular complexity index is 418. The smallest absolute Gasteiger partial charge is 0.234 e. The van der Waals surface area contributed by atoms with Crippen LogP contribution in [0.15, 0.2) is 36.7 Å². The number of pyridine rings is 1. The summed E-state index contributed by atoms with van der Waals surface area (Å²) in [7, 11) is 0. The van der Waals surface area contributed by atoms with E-state index in [0.717, 1.165) is 10.8 Å². The highest BCUT2D eigenvalue weighted by Gasteiger charge is 1.97. The van der Waals surface area contributed by atoms with Crippen LogP contribution in [-0.4, -0.2) is 11.3 Å². The van der Waals surface area contributed by atoms with Crippen molar-refractivity contribution >= 4 is 17.1 Å². The van der Waals surface area contributed by atoms with Gasteiger partial charge in [0.05, 0.1) is 0 Å². The Morgan fingerprint density at radius 2 is 2.17 bits per heavy atom. The van der Waals surface area contributed by atoms with E-state index >= 15 is 0 Å². The first-order chi connectivity index (χ1) is 5.92. The van der Waals surface area contributed by atoms with Crippen LogP contribution in [0.4, 0.5) is 0 Å². The number of carbonyl (C=O) groups excluding carboxylic acids is 1. The quantitative estimate of drug-likeness (QED) is 0.628. The van der Waals surface area contributed by atoms with Crippen LogP contribution >= 0.6 is 0 Å². The van der Waals surface area contributed by atoms with Crippen LogP contribution in [0.3, 0.4) is 0 Å². The van der Waals surface area contributed by atoms with Gasteiger partial charge in [0.2, 0.25) is 6.29 Å². The number of nitrogens with zero attached hydrogens (tertiary/aromatic N) is 1. The van der Waals surface area contributed by atoms with Gasteiger partial charge in [0.15, 0.2) is 0 Å². The zero-order chi connectivity index (χ0) is 8.39. The Balaban J connectivity index is 2.88. The van der Waals surface area contributed by atoms with Crippen LogP contribution in [0.25, 0.3) is 10.8 Å². The maximum atomic E-state index is 10.5. The van der Waals surface area contributed by atoms with Crippen molar-refractivity contribution in [1.82, 2.24) is 4.98 Å². The van der Waals surface area contributed by atoms with Gasteiger partial charge in [0.25, 0.3) is 0 Å². The van der Waals surface area contributed by atoms with E-state index < -0.39 is 0 Å². The molecule has 12 heavy (non-hydrogen) atoms. The minimum absolute atomic E-state index is 0.593. The summed E-state index contributed by atoms with van der Waals surface area (Å²) in [5.41, 5.74) is 0.593. The average molecular weight is 156 g/mol. The highest BCUT2D eigenvalue weighted by Crippen LogP contribution is 2.14. The first kappa shape index (κ1) is 6.98. The van der Waals surface area contributed by atoms with E-state index in [2.05, 4.69) is 4.98 Å². The fourth-order valence-electron chi connectivity index (χ4n) is 1.21. The van der Waals surface area contributed by atoms with Gasteiger partial charge in [0, 0.05) is 23.3 Å². The average Bonchev–Trinajstić information content (AvgIpc) is 2.17. The molecule has 1 aromatic heterocycles. The van der Waals surface area contributed by atoms with E-state index in [9.17, 15) is 4.79 Å². The summed E-state index contributed by atoms with van der Waals surface area (Å²) in [4.78, 5) is 14.4. The van der Waals surface area contributed by atoms with Gasteiger partial charge in [-0.25, -0.2) is 0 Å². The topological polar surface area (TPSA) is 30.0 Å². The number of hydrogen-bond acceptors (Lipinski definition) is 2. The van der Waals surface area contributed by atoms with Crippen LogP contribution in [0.5, 0.6) is 0 Å². The van der Waals surface area contributed by atoms with Crippen molar-refractivity contribution in [2.75, 3.05) is 0 Å². The fraction of sp³-hybridized carbons (Fsp3) is 0. The summed E-state index contributed by atoms with van der Waals surface area (Å²) < 4.78 is 0. The third kappa shape index (κ3) is 0.975. The molecule has 2 aromatic rings. The molecule has 0 saturated carbocycles. The molecule has 0 saturated heterocycles. The largest absolute Gasteiger partial charge is 0.285 e. The zero-order valence-electron chi connectivity index (χ0n) is 6.32. The predicted octanol–water partition coefficient (Wildman–Crippen LogP) is 1.69. The predicted molar refractivity (Wildman–Crippen MR) is 46.5 cm³/mol. The number of hydrogen-bond donors (Lipinski definition) is 0. The molecule has 0 bridgehead atoms. The van der Waals surface area contributed by atoms with E-state index in [0.29, 0.717) is 5.56 Å². The van der Waals surface area contributed by atoms with Crippen LogP contribution < -0.4 is 0 Å². The maximum Gasteiger partial charge on any atom is 0.234 e. The lowest BCUT2D eigenvalue weighted by Gasteiger charge is -1.96. The molecule has 1 aromatic carbocycles. The standard InChI is InChI=1S/C10H6NO/c12-7-9-3-1-2-8-6-11-5-4-10(8)9/h1-6H. The number of rotatable bonds is 1. The van der Waals surface area contributed by atoms with Crippen molar-refractivity contribution in [2.45, 2.75) is 0 Å². The molecule has 0 amide bonds. The van der Waals surface area contributed by atoms with Gasteiger partial charge in [-0.05, 0) is 11.5 Å². The lowest BCUT2D eigenvalue weighted by atomic mass is 10.1. The summed E-state index contributed by atoms with van der Waals surface area (Å²) in [6, 6.07) is 7.30. The van der Waals surface area contributed by atoms with Crippen molar-refractivity contribution in [3.63, 3.8) is 0 Å². The maximum absolute atomic E-state index is 10.5. The van der Waals surface area contributed by atoms with Crippen LogP contribution in [0, 0.1) is 0 Å². The van der Waals surface area contributed by atoms with E-state index in [4.69, 9.17) is 0 Å². The van der Waals surface area contributed by atoms with Crippen LogP contribution in [0.1, 0.15) is 5.56 Å². The van der Waals surface area contributed by atoms with Gasteiger partial charge in [0.1, 0.15) is 0 Å². The zero-order valence-corrected chi connectivity index (χ0v) is 6.32.